The molecule has 0 aliphatic heterocycles. The third kappa shape index (κ3) is 6.92. The number of hydrogen-bond acceptors (Lipinski definition) is 7. The molecule has 2 atom stereocenters. The maximum atomic E-state index is 14.0. The lowest BCUT2D eigenvalue weighted by Gasteiger charge is -2.27. The van der Waals surface area contributed by atoms with E-state index in [-0.39, 0.29) is 24.2 Å². The summed E-state index contributed by atoms with van der Waals surface area (Å²) in [6, 6.07) is 11.5. The number of aliphatic hydroxyl groups excluding tert-OH is 1. The number of benzene rings is 2. The van der Waals surface area contributed by atoms with Gasteiger partial charge in [-0.3, -0.25) is 4.79 Å². The van der Waals surface area contributed by atoms with E-state index in [4.69, 9.17) is 6.42 Å². The summed E-state index contributed by atoms with van der Waals surface area (Å²) in [5.41, 5.74) is 1.86. The van der Waals surface area contributed by atoms with Gasteiger partial charge in [-0.05, 0) is 54.7 Å². The lowest BCUT2D eigenvalue weighted by Crippen LogP contribution is -2.50. The lowest BCUT2D eigenvalue weighted by atomic mass is 9.98. The summed E-state index contributed by atoms with van der Waals surface area (Å²) in [6.07, 6.45) is 6.20. The zero-order chi connectivity index (χ0) is 29.0. The highest BCUT2D eigenvalue weighted by molar-refractivity contribution is 5.93. The van der Waals surface area contributed by atoms with E-state index in [1.54, 1.807) is 44.1 Å². The standard InChI is InChI=1S/C30H34F2N6O2/c1-6-19-8-7-9-21(12-19)30(10-11-30)33-18-26(39)24(15-20-13-22(31)16-23(32)14-20)34-28(40)25-17-27(37(2)3)36-29(35-25)38(4)5/h1,7-9,12-14,16-17,24,26,33,39H,10-11,15,18H2,2-5H3,(H,34,40)/t24-,26-/m0/s1. The molecule has 1 aliphatic rings. The first kappa shape index (κ1) is 28.9. The summed E-state index contributed by atoms with van der Waals surface area (Å²) >= 11 is 0. The summed E-state index contributed by atoms with van der Waals surface area (Å²) in [5.74, 6) is 1.49. The molecule has 0 saturated heterocycles. The van der Waals surface area contributed by atoms with Gasteiger partial charge in [-0.2, -0.15) is 4.98 Å². The maximum absolute atomic E-state index is 14.0. The van der Waals surface area contributed by atoms with Gasteiger partial charge in [0, 0.05) is 58.0 Å². The zero-order valence-corrected chi connectivity index (χ0v) is 23.1. The van der Waals surface area contributed by atoms with Crippen molar-refractivity contribution < 1.29 is 18.7 Å². The minimum absolute atomic E-state index is 0.00496. The Balaban J connectivity index is 1.57. The molecule has 3 N–H and O–H groups in total. The topological polar surface area (TPSA) is 93.6 Å². The van der Waals surface area contributed by atoms with Crippen LogP contribution >= 0.6 is 0 Å². The average Bonchev–Trinajstić information content (AvgIpc) is 3.71. The SMILES string of the molecule is C#Cc1cccc(C2(NC[C@H](O)[C@H](Cc3cc(F)cc(F)c3)NC(=O)c3cc(N(C)C)nc(N(C)C)n3)CC2)c1. The number of amides is 1. The number of nitrogens with zero attached hydrogens (tertiary/aromatic N) is 4. The highest BCUT2D eigenvalue weighted by Gasteiger charge is 2.44. The van der Waals surface area contributed by atoms with Crippen LogP contribution in [0.4, 0.5) is 20.5 Å². The van der Waals surface area contributed by atoms with Crippen molar-refractivity contribution in [3.8, 4) is 12.3 Å². The van der Waals surface area contributed by atoms with Crippen LogP contribution in [0.5, 0.6) is 0 Å². The van der Waals surface area contributed by atoms with Crippen LogP contribution in [0.1, 0.15) is 40.0 Å². The summed E-state index contributed by atoms with van der Waals surface area (Å²) in [6.45, 7) is 0.124. The van der Waals surface area contributed by atoms with Crippen molar-refractivity contribution in [2.45, 2.75) is 36.9 Å². The number of carbonyl (C=O) groups excluding carboxylic acids is 1. The number of rotatable bonds is 11. The van der Waals surface area contributed by atoms with Gasteiger partial charge in [-0.1, -0.05) is 18.1 Å². The van der Waals surface area contributed by atoms with E-state index in [1.807, 2.05) is 24.3 Å². The van der Waals surface area contributed by atoms with E-state index in [0.29, 0.717) is 17.3 Å². The molecule has 4 rings (SSSR count). The highest BCUT2D eigenvalue weighted by Crippen LogP contribution is 2.45. The van der Waals surface area contributed by atoms with Gasteiger partial charge in [-0.25, -0.2) is 13.8 Å². The fraction of sp³-hybridized carbons (Fsp3) is 0.367. The van der Waals surface area contributed by atoms with Gasteiger partial charge >= 0.3 is 0 Å². The molecule has 1 saturated carbocycles. The van der Waals surface area contributed by atoms with Crippen LogP contribution < -0.4 is 20.4 Å². The van der Waals surface area contributed by atoms with Crippen molar-refractivity contribution in [2.24, 2.45) is 0 Å². The number of halogens is 2. The van der Waals surface area contributed by atoms with E-state index in [2.05, 4.69) is 26.5 Å². The Morgan fingerprint density at radius 1 is 1.07 bits per heavy atom. The Morgan fingerprint density at radius 2 is 1.77 bits per heavy atom. The van der Waals surface area contributed by atoms with Crippen molar-refractivity contribution in [3.05, 3.63) is 82.5 Å². The third-order valence-electron chi connectivity index (χ3n) is 6.93. The number of aromatic nitrogens is 2. The van der Waals surface area contributed by atoms with Crippen LogP contribution in [0.25, 0.3) is 0 Å². The molecule has 210 valence electrons. The van der Waals surface area contributed by atoms with Gasteiger partial charge in [-0.15, -0.1) is 6.42 Å². The van der Waals surface area contributed by atoms with Crippen LogP contribution in [0.3, 0.4) is 0 Å². The molecule has 1 fully saturated rings. The normalized spacial score (nSPS) is 15.1. The zero-order valence-electron chi connectivity index (χ0n) is 23.1. The second kappa shape index (κ2) is 12.0. The molecular weight excluding hydrogens is 514 g/mol. The highest BCUT2D eigenvalue weighted by atomic mass is 19.1. The van der Waals surface area contributed by atoms with Gasteiger partial charge in [0.25, 0.3) is 5.91 Å². The molecule has 3 aromatic rings. The summed E-state index contributed by atoms with van der Waals surface area (Å²) in [4.78, 5) is 25.6. The van der Waals surface area contributed by atoms with Crippen LogP contribution in [-0.4, -0.2) is 67.9 Å². The van der Waals surface area contributed by atoms with E-state index < -0.39 is 29.7 Å². The van der Waals surface area contributed by atoms with Crippen molar-refractivity contribution in [3.63, 3.8) is 0 Å². The molecule has 40 heavy (non-hydrogen) atoms. The predicted molar refractivity (Wildman–Crippen MR) is 151 cm³/mol. The van der Waals surface area contributed by atoms with Crippen LogP contribution in [0.2, 0.25) is 0 Å². The Kier molecular flexibility index (Phi) is 8.67. The molecule has 1 heterocycles. The molecular formula is C30H34F2N6O2. The first-order chi connectivity index (χ1) is 19.0. The summed E-state index contributed by atoms with van der Waals surface area (Å²) in [5, 5.41) is 17.6. The Bertz CT molecular complexity index is 1370. The van der Waals surface area contributed by atoms with Crippen molar-refractivity contribution >= 4 is 17.7 Å². The van der Waals surface area contributed by atoms with Crippen molar-refractivity contribution in [2.75, 3.05) is 44.5 Å². The molecule has 10 heteroatoms. The minimum atomic E-state index is -1.09. The van der Waals surface area contributed by atoms with Crippen molar-refractivity contribution in [1.82, 2.24) is 20.6 Å². The van der Waals surface area contributed by atoms with Gasteiger partial charge in [0.2, 0.25) is 5.95 Å². The van der Waals surface area contributed by atoms with Crippen molar-refractivity contribution in [1.29, 1.82) is 0 Å². The minimum Gasteiger partial charge on any atom is -0.390 e. The average molecular weight is 549 g/mol. The molecule has 1 aliphatic carbocycles. The molecule has 1 aromatic heterocycles. The number of terminal acetylenes is 1. The number of aliphatic hydroxyl groups is 1. The first-order valence-electron chi connectivity index (χ1n) is 13.0. The molecule has 0 radical (unpaired) electrons. The van der Waals surface area contributed by atoms with Gasteiger partial charge in [0.1, 0.15) is 23.1 Å². The van der Waals surface area contributed by atoms with Gasteiger partial charge in [0.05, 0.1) is 12.1 Å². The monoisotopic (exact) mass is 548 g/mol. The van der Waals surface area contributed by atoms with E-state index in [1.165, 1.54) is 12.1 Å². The predicted octanol–water partition coefficient (Wildman–Crippen LogP) is 2.85. The maximum Gasteiger partial charge on any atom is 0.270 e. The Morgan fingerprint density at radius 3 is 2.38 bits per heavy atom. The molecule has 1 amide bonds. The van der Waals surface area contributed by atoms with E-state index in [9.17, 15) is 18.7 Å². The number of hydrogen-bond donors (Lipinski definition) is 3. The van der Waals surface area contributed by atoms with Crippen LogP contribution in [0.15, 0.2) is 48.5 Å². The number of carbonyl (C=O) groups is 1. The Labute approximate surface area is 233 Å². The molecule has 0 spiro atoms. The molecule has 0 unspecified atom stereocenters. The molecule has 8 nitrogen and oxygen atoms in total. The summed E-state index contributed by atoms with van der Waals surface area (Å²) in [7, 11) is 7.13. The lowest BCUT2D eigenvalue weighted by molar-refractivity contribution is 0.0817. The van der Waals surface area contributed by atoms with Gasteiger partial charge < -0.3 is 25.5 Å². The van der Waals surface area contributed by atoms with Crippen LogP contribution in [-0.2, 0) is 12.0 Å². The quantitative estimate of drug-likeness (QED) is 0.318. The second-order valence-corrected chi connectivity index (χ2v) is 10.5. The second-order valence-electron chi connectivity index (χ2n) is 10.5. The first-order valence-corrected chi connectivity index (χ1v) is 13.0. The summed E-state index contributed by atoms with van der Waals surface area (Å²) < 4.78 is 27.9. The largest absolute Gasteiger partial charge is 0.390 e. The number of anilines is 2. The van der Waals surface area contributed by atoms with E-state index in [0.717, 1.165) is 30.0 Å². The number of nitrogens with one attached hydrogen (secondary N) is 2. The molecule has 2 aromatic carbocycles. The fourth-order valence-electron chi connectivity index (χ4n) is 4.52. The molecule has 0 bridgehead atoms. The van der Waals surface area contributed by atoms with Crippen LogP contribution in [0, 0.1) is 24.0 Å². The van der Waals surface area contributed by atoms with Gasteiger partial charge in [0.15, 0.2) is 0 Å². The fourth-order valence-corrected chi connectivity index (χ4v) is 4.52. The Hall–Kier alpha value is -4.07. The third-order valence-corrected chi connectivity index (χ3v) is 6.93. The van der Waals surface area contributed by atoms with E-state index >= 15 is 0 Å². The smallest absolute Gasteiger partial charge is 0.270 e.